The summed E-state index contributed by atoms with van der Waals surface area (Å²) in [5.41, 5.74) is 0.135. The first kappa shape index (κ1) is 26.6. The predicted octanol–water partition coefficient (Wildman–Crippen LogP) is 3.41. The quantitative estimate of drug-likeness (QED) is 0.628. The summed E-state index contributed by atoms with van der Waals surface area (Å²) >= 11 is 0. The molecule has 0 unspecified atom stereocenters. The van der Waals surface area contributed by atoms with Gasteiger partial charge in [-0.2, -0.15) is 4.31 Å². The van der Waals surface area contributed by atoms with E-state index < -0.39 is 15.4 Å². The maximum Gasteiger partial charge on any atom is 0.243 e. The first-order valence-corrected chi connectivity index (χ1v) is 13.8. The Hall–Kier alpha value is -1.97. The molecule has 0 aromatic heterocycles. The van der Waals surface area contributed by atoms with Gasteiger partial charge in [-0.25, -0.2) is 8.42 Å². The highest BCUT2D eigenvalue weighted by Crippen LogP contribution is 2.34. The van der Waals surface area contributed by atoms with Gasteiger partial charge in [0.2, 0.25) is 21.8 Å². The molecule has 1 aromatic rings. The number of aryl methyl sites for hydroxylation is 1. The van der Waals surface area contributed by atoms with Crippen LogP contribution >= 0.6 is 0 Å². The molecular weight excluding hydrogens is 454 g/mol. The number of nitrogens with zero attached hydrogens (tertiary/aromatic N) is 2. The summed E-state index contributed by atoms with van der Waals surface area (Å²) in [5, 5.41) is 2.91. The lowest BCUT2D eigenvalue weighted by Crippen LogP contribution is -2.46. The molecule has 3 rings (SSSR count). The van der Waals surface area contributed by atoms with E-state index in [1.165, 1.54) is 0 Å². The van der Waals surface area contributed by atoms with Gasteiger partial charge < -0.3 is 15.0 Å². The molecule has 34 heavy (non-hydrogen) atoms. The van der Waals surface area contributed by atoms with E-state index in [1.54, 1.807) is 41.3 Å². The number of hydrogen-bond acceptors (Lipinski definition) is 5. The molecule has 2 saturated heterocycles. The zero-order valence-corrected chi connectivity index (χ0v) is 21.7. The third-order valence-corrected chi connectivity index (χ3v) is 9.34. The summed E-state index contributed by atoms with van der Waals surface area (Å²) in [6.45, 7) is 10.6. The van der Waals surface area contributed by atoms with Crippen molar-refractivity contribution < 1.29 is 22.7 Å². The fourth-order valence-electron chi connectivity index (χ4n) is 4.44. The summed E-state index contributed by atoms with van der Waals surface area (Å²) in [5.74, 6) is -0.447. The van der Waals surface area contributed by atoms with E-state index in [4.69, 9.17) is 4.74 Å². The Morgan fingerprint density at radius 1 is 1.06 bits per heavy atom. The smallest absolute Gasteiger partial charge is 0.243 e. The van der Waals surface area contributed by atoms with Crippen LogP contribution in [0.5, 0.6) is 0 Å². The van der Waals surface area contributed by atoms with Gasteiger partial charge >= 0.3 is 0 Å². The molecule has 2 fully saturated rings. The third-order valence-electron chi connectivity index (χ3n) is 7.30. The van der Waals surface area contributed by atoms with Crippen molar-refractivity contribution in [2.24, 2.45) is 11.3 Å². The first-order valence-electron chi connectivity index (χ1n) is 12.3. The lowest BCUT2D eigenvalue weighted by atomic mass is 9.75. The van der Waals surface area contributed by atoms with Crippen LogP contribution in [-0.2, 0) is 24.3 Å². The second kappa shape index (κ2) is 11.2. The van der Waals surface area contributed by atoms with Gasteiger partial charge in [0.15, 0.2) is 0 Å². The van der Waals surface area contributed by atoms with Crippen LogP contribution in [0.15, 0.2) is 23.1 Å². The van der Waals surface area contributed by atoms with Crippen LogP contribution in [0.4, 0.5) is 5.69 Å². The average Bonchev–Trinajstić information content (AvgIpc) is 3.11. The molecule has 8 nitrogen and oxygen atoms in total. The second-order valence-corrected chi connectivity index (χ2v) is 11.9. The molecule has 1 atom stereocenters. The van der Waals surface area contributed by atoms with Gasteiger partial charge in [-0.05, 0) is 50.3 Å². The van der Waals surface area contributed by atoms with Crippen molar-refractivity contribution in [3.8, 4) is 0 Å². The lowest BCUT2D eigenvalue weighted by Gasteiger charge is -2.35. The number of amides is 2. The molecule has 0 aliphatic carbocycles. The number of hydrogen-bond donors (Lipinski definition) is 1. The second-order valence-electron chi connectivity index (χ2n) is 9.99. The van der Waals surface area contributed by atoms with Crippen molar-refractivity contribution in [2.75, 3.05) is 44.7 Å². The molecule has 2 heterocycles. The summed E-state index contributed by atoms with van der Waals surface area (Å²) in [6, 6.07) is 5.00. The predicted molar refractivity (Wildman–Crippen MR) is 132 cm³/mol. The van der Waals surface area contributed by atoms with Gasteiger partial charge in [-0.3, -0.25) is 9.59 Å². The van der Waals surface area contributed by atoms with E-state index >= 15 is 0 Å². The minimum absolute atomic E-state index is 0.0667. The topological polar surface area (TPSA) is 96.0 Å². The molecule has 2 aliphatic rings. The zero-order valence-electron chi connectivity index (χ0n) is 20.9. The van der Waals surface area contributed by atoms with Crippen LogP contribution in [0.2, 0.25) is 0 Å². The Morgan fingerprint density at radius 3 is 2.26 bits per heavy atom. The van der Waals surface area contributed by atoms with Crippen molar-refractivity contribution in [3.05, 3.63) is 23.8 Å². The van der Waals surface area contributed by atoms with Gasteiger partial charge in [0.1, 0.15) is 0 Å². The SMILES string of the molecule is Cc1ccc(NC(=O)[C@@](C)(CC(=O)N2CCOCC2)C(C)C)cc1S(=O)(=O)N1CCCCCC1. The molecule has 0 bridgehead atoms. The summed E-state index contributed by atoms with van der Waals surface area (Å²) in [7, 11) is -3.65. The van der Waals surface area contributed by atoms with E-state index in [0.29, 0.717) is 50.6 Å². The number of ether oxygens (including phenoxy) is 1. The van der Waals surface area contributed by atoms with Crippen molar-refractivity contribution >= 4 is 27.5 Å². The molecule has 1 N–H and O–H groups in total. The summed E-state index contributed by atoms with van der Waals surface area (Å²) in [4.78, 5) is 28.3. The zero-order chi connectivity index (χ0) is 24.9. The van der Waals surface area contributed by atoms with Crippen LogP contribution in [0.3, 0.4) is 0 Å². The average molecular weight is 494 g/mol. The molecule has 190 valence electrons. The summed E-state index contributed by atoms with van der Waals surface area (Å²) < 4.78 is 33.6. The number of anilines is 1. The van der Waals surface area contributed by atoms with Gasteiger partial charge in [0, 0.05) is 38.3 Å². The maximum absolute atomic E-state index is 13.4. The number of benzene rings is 1. The Bertz CT molecular complexity index is 980. The summed E-state index contributed by atoms with van der Waals surface area (Å²) in [6.07, 6.45) is 3.88. The van der Waals surface area contributed by atoms with E-state index in [-0.39, 0.29) is 29.0 Å². The highest BCUT2D eigenvalue weighted by atomic mass is 32.2. The molecule has 0 spiro atoms. The van der Waals surface area contributed by atoms with Crippen molar-refractivity contribution in [3.63, 3.8) is 0 Å². The molecule has 2 amide bonds. The number of carbonyl (C=O) groups is 2. The number of morpholine rings is 1. The Kier molecular flexibility index (Phi) is 8.76. The van der Waals surface area contributed by atoms with Crippen LogP contribution in [-0.4, -0.2) is 68.8 Å². The Labute approximate surface area is 204 Å². The van der Waals surface area contributed by atoms with E-state index in [1.807, 2.05) is 13.8 Å². The van der Waals surface area contributed by atoms with E-state index in [0.717, 1.165) is 25.7 Å². The van der Waals surface area contributed by atoms with Crippen molar-refractivity contribution in [1.82, 2.24) is 9.21 Å². The van der Waals surface area contributed by atoms with E-state index in [2.05, 4.69) is 5.32 Å². The minimum Gasteiger partial charge on any atom is -0.378 e. The van der Waals surface area contributed by atoms with Crippen LogP contribution in [0.25, 0.3) is 0 Å². The largest absolute Gasteiger partial charge is 0.378 e. The first-order chi connectivity index (χ1) is 16.1. The molecule has 2 aliphatic heterocycles. The monoisotopic (exact) mass is 493 g/mol. The number of carbonyl (C=O) groups excluding carboxylic acids is 2. The minimum atomic E-state index is -3.65. The highest BCUT2D eigenvalue weighted by Gasteiger charge is 2.40. The van der Waals surface area contributed by atoms with Crippen LogP contribution < -0.4 is 5.32 Å². The fourth-order valence-corrected chi connectivity index (χ4v) is 6.20. The Morgan fingerprint density at radius 2 is 1.68 bits per heavy atom. The standard InChI is InChI=1S/C25H39N3O5S/c1-19(2)25(4,18-23(29)27-13-15-33-16-14-27)24(30)26-21-10-9-20(3)22(17-21)34(31,32)28-11-7-5-6-8-12-28/h9-10,17,19H,5-8,11-16,18H2,1-4H3,(H,26,30)/t25-/m0/s1. The normalized spacial score (nSPS) is 20.0. The van der Waals surface area contributed by atoms with E-state index in [9.17, 15) is 18.0 Å². The fraction of sp³-hybridized carbons (Fsp3) is 0.680. The van der Waals surface area contributed by atoms with Gasteiger partial charge in [0.05, 0.1) is 23.5 Å². The van der Waals surface area contributed by atoms with Crippen LogP contribution in [0.1, 0.15) is 58.4 Å². The molecule has 1 aromatic carbocycles. The molecule has 0 radical (unpaired) electrons. The lowest BCUT2D eigenvalue weighted by molar-refractivity contribution is -0.143. The van der Waals surface area contributed by atoms with Crippen molar-refractivity contribution in [1.29, 1.82) is 0 Å². The van der Waals surface area contributed by atoms with Crippen molar-refractivity contribution in [2.45, 2.75) is 64.7 Å². The highest BCUT2D eigenvalue weighted by molar-refractivity contribution is 7.89. The van der Waals surface area contributed by atoms with Gasteiger partial charge in [-0.1, -0.05) is 32.8 Å². The third kappa shape index (κ3) is 5.98. The van der Waals surface area contributed by atoms with Gasteiger partial charge in [-0.15, -0.1) is 0 Å². The molecule has 0 saturated carbocycles. The van der Waals surface area contributed by atoms with Gasteiger partial charge in [0.25, 0.3) is 0 Å². The number of rotatable bonds is 7. The number of sulfonamides is 1. The Balaban J connectivity index is 1.80. The maximum atomic E-state index is 13.4. The number of nitrogens with one attached hydrogen (secondary N) is 1. The molecule has 9 heteroatoms. The van der Waals surface area contributed by atoms with Crippen LogP contribution in [0, 0.1) is 18.3 Å². The molecular formula is C25H39N3O5S.